The van der Waals surface area contributed by atoms with Crippen LogP contribution in [0.3, 0.4) is 0 Å². The van der Waals surface area contributed by atoms with E-state index in [1.807, 2.05) is 0 Å². The molecule has 1 aromatic heterocycles. The SMILES string of the molecule is CN(C)C(=O)NCCNC(=O)c1cc(Cl)nc(Cl)c1. The molecule has 0 bridgehead atoms. The van der Waals surface area contributed by atoms with Gasteiger partial charge in [-0.05, 0) is 12.1 Å². The topological polar surface area (TPSA) is 74.3 Å². The fourth-order valence-corrected chi connectivity index (χ4v) is 1.66. The molecule has 1 aromatic rings. The highest BCUT2D eigenvalue weighted by Gasteiger charge is 2.08. The van der Waals surface area contributed by atoms with Gasteiger partial charge < -0.3 is 15.5 Å². The quantitative estimate of drug-likeness (QED) is 0.652. The molecule has 0 unspecified atom stereocenters. The van der Waals surface area contributed by atoms with Gasteiger partial charge >= 0.3 is 6.03 Å². The number of urea groups is 1. The first kappa shape index (κ1) is 15.5. The van der Waals surface area contributed by atoms with Crippen molar-refractivity contribution in [3.8, 4) is 0 Å². The third-order valence-electron chi connectivity index (χ3n) is 2.12. The van der Waals surface area contributed by atoms with Crippen molar-refractivity contribution in [2.45, 2.75) is 0 Å². The van der Waals surface area contributed by atoms with Gasteiger partial charge in [-0.2, -0.15) is 0 Å². The van der Waals surface area contributed by atoms with Crippen molar-refractivity contribution in [1.29, 1.82) is 0 Å². The summed E-state index contributed by atoms with van der Waals surface area (Å²) in [4.78, 5) is 28.1. The van der Waals surface area contributed by atoms with Crippen LogP contribution in [-0.2, 0) is 0 Å². The first-order valence-corrected chi connectivity index (χ1v) is 6.22. The van der Waals surface area contributed by atoms with Gasteiger partial charge in [-0.15, -0.1) is 0 Å². The van der Waals surface area contributed by atoms with Crippen LogP contribution in [0.2, 0.25) is 10.3 Å². The molecular weight excluding hydrogens is 291 g/mol. The van der Waals surface area contributed by atoms with Crippen molar-refractivity contribution in [2.24, 2.45) is 0 Å². The smallest absolute Gasteiger partial charge is 0.316 e. The van der Waals surface area contributed by atoms with Crippen LogP contribution in [0, 0.1) is 0 Å². The molecule has 0 radical (unpaired) electrons. The summed E-state index contributed by atoms with van der Waals surface area (Å²) < 4.78 is 0. The van der Waals surface area contributed by atoms with Crippen molar-refractivity contribution in [3.63, 3.8) is 0 Å². The van der Waals surface area contributed by atoms with Crippen LogP contribution in [0.1, 0.15) is 10.4 Å². The van der Waals surface area contributed by atoms with Crippen LogP contribution in [0.5, 0.6) is 0 Å². The Morgan fingerprint density at radius 1 is 1.16 bits per heavy atom. The van der Waals surface area contributed by atoms with Gasteiger partial charge in [-0.3, -0.25) is 4.79 Å². The molecule has 0 saturated carbocycles. The van der Waals surface area contributed by atoms with Crippen LogP contribution < -0.4 is 10.6 Å². The minimum atomic E-state index is -0.328. The van der Waals surface area contributed by atoms with Gasteiger partial charge in [0.2, 0.25) is 0 Å². The van der Waals surface area contributed by atoms with Crippen LogP contribution in [0.15, 0.2) is 12.1 Å². The monoisotopic (exact) mass is 304 g/mol. The number of hydrogen-bond donors (Lipinski definition) is 2. The number of halogens is 2. The van der Waals surface area contributed by atoms with E-state index in [-0.39, 0.29) is 22.2 Å². The number of carbonyl (C=O) groups is 2. The zero-order valence-corrected chi connectivity index (χ0v) is 12.0. The molecule has 0 spiro atoms. The molecule has 19 heavy (non-hydrogen) atoms. The van der Waals surface area contributed by atoms with Crippen molar-refractivity contribution >= 4 is 35.1 Å². The lowest BCUT2D eigenvalue weighted by Gasteiger charge is -2.12. The van der Waals surface area contributed by atoms with Gasteiger partial charge in [-0.1, -0.05) is 23.2 Å². The van der Waals surface area contributed by atoms with Gasteiger partial charge in [0.05, 0.1) is 0 Å². The number of rotatable bonds is 4. The lowest BCUT2D eigenvalue weighted by molar-refractivity contribution is 0.0953. The zero-order chi connectivity index (χ0) is 14.4. The van der Waals surface area contributed by atoms with Crippen LogP contribution in [0.4, 0.5) is 4.79 Å². The molecule has 0 aromatic carbocycles. The molecule has 1 heterocycles. The average molecular weight is 305 g/mol. The first-order valence-electron chi connectivity index (χ1n) is 5.46. The molecule has 6 nitrogen and oxygen atoms in total. The third kappa shape index (κ3) is 5.32. The van der Waals surface area contributed by atoms with Crippen molar-refractivity contribution in [3.05, 3.63) is 28.0 Å². The number of nitrogens with zero attached hydrogens (tertiary/aromatic N) is 2. The largest absolute Gasteiger partial charge is 0.350 e. The summed E-state index contributed by atoms with van der Waals surface area (Å²) in [5, 5.41) is 5.55. The summed E-state index contributed by atoms with van der Waals surface area (Å²) in [5.74, 6) is -0.328. The fraction of sp³-hybridized carbons (Fsp3) is 0.364. The van der Waals surface area contributed by atoms with Gasteiger partial charge in [-0.25, -0.2) is 9.78 Å². The predicted molar refractivity (Wildman–Crippen MR) is 73.7 cm³/mol. The maximum atomic E-state index is 11.7. The molecular formula is C11H14Cl2N4O2. The number of aromatic nitrogens is 1. The van der Waals surface area contributed by atoms with E-state index in [4.69, 9.17) is 23.2 Å². The number of nitrogens with one attached hydrogen (secondary N) is 2. The molecule has 0 saturated heterocycles. The molecule has 1 rings (SSSR count). The summed E-state index contributed by atoms with van der Waals surface area (Å²) in [7, 11) is 3.27. The van der Waals surface area contributed by atoms with Crippen molar-refractivity contribution < 1.29 is 9.59 Å². The molecule has 2 N–H and O–H groups in total. The molecule has 0 atom stereocenters. The normalized spacial score (nSPS) is 9.89. The predicted octanol–water partition coefficient (Wildman–Crippen LogP) is 1.39. The molecule has 3 amide bonds. The number of pyridine rings is 1. The van der Waals surface area contributed by atoms with Gasteiger partial charge in [0.1, 0.15) is 10.3 Å². The Labute approximate surface area is 121 Å². The van der Waals surface area contributed by atoms with E-state index in [9.17, 15) is 9.59 Å². The highest BCUT2D eigenvalue weighted by molar-refractivity contribution is 6.33. The van der Waals surface area contributed by atoms with Crippen LogP contribution >= 0.6 is 23.2 Å². The lowest BCUT2D eigenvalue weighted by atomic mass is 10.2. The minimum Gasteiger partial charge on any atom is -0.350 e. The van der Waals surface area contributed by atoms with Crippen molar-refractivity contribution in [2.75, 3.05) is 27.2 Å². The second kappa shape index (κ2) is 7.16. The Morgan fingerprint density at radius 2 is 1.68 bits per heavy atom. The standard InChI is InChI=1S/C11H14Cl2N4O2/c1-17(2)11(19)15-4-3-14-10(18)7-5-8(12)16-9(13)6-7/h5-6H,3-4H2,1-2H3,(H,14,18)(H,15,19). The highest BCUT2D eigenvalue weighted by Crippen LogP contribution is 2.14. The molecule has 0 aliphatic rings. The Morgan fingerprint density at radius 3 is 2.21 bits per heavy atom. The summed E-state index contributed by atoms with van der Waals surface area (Å²) >= 11 is 11.4. The van der Waals surface area contributed by atoms with Gasteiger partial charge in [0.15, 0.2) is 0 Å². The fourth-order valence-electron chi connectivity index (χ4n) is 1.20. The first-order chi connectivity index (χ1) is 8.90. The maximum Gasteiger partial charge on any atom is 0.316 e. The van der Waals surface area contributed by atoms with Crippen LogP contribution in [-0.4, -0.2) is 49.0 Å². The zero-order valence-electron chi connectivity index (χ0n) is 10.5. The van der Waals surface area contributed by atoms with E-state index >= 15 is 0 Å². The Kier molecular flexibility index (Phi) is 5.85. The Hall–Kier alpha value is -1.53. The second-order valence-corrected chi connectivity index (χ2v) is 4.66. The van der Waals surface area contributed by atoms with Crippen LogP contribution in [0.25, 0.3) is 0 Å². The van der Waals surface area contributed by atoms with E-state index in [0.717, 1.165) is 0 Å². The maximum absolute atomic E-state index is 11.7. The number of amides is 3. The van der Waals surface area contributed by atoms with Gasteiger partial charge in [0.25, 0.3) is 5.91 Å². The number of hydrogen-bond acceptors (Lipinski definition) is 3. The Balaban J connectivity index is 2.41. The molecule has 0 aliphatic heterocycles. The average Bonchev–Trinajstić information content (AvgIpc) is 2.32. The lowest BCUT2D eigenvalue weighted by Crippen LogP contribution is -2.39. The summed E-state index contributed by atoms with van der Waals surface area (Å²) in [6, 6.07) is 2.62. The summed E-state index contributed by atoms with van der Waals surface area (Å²) in [6.07, 6.45) is 0. The second-order valence-electron chi connectivity index (χ2n) is 3.88. The minimum absolute atomic E-state index is 0.151. The van der Waals surface area contributed by atoms with E-state index < -0.39 is 0 Å². The van der Waals surface area contributed by atoms with E-state index in [1.165, 1.54) is 17.0 Å². The summed E-state index contributed by atoms with van der Waals surface area (Å²) in [6.45, 7) is 0.630. The molecule has 8 heteroatoms. The molecule has 104 valence electrons. The summed E-state index contributed by atoms with van der Waals surface area (Å²) in [5.41, 5.74) is 0.323. The van der Waals surface area contributed by atoms with Gasteiger partial charge in [0, 0.05) is 32.7 Å². The van der Waals surface area contributed by atoms with E-state index in [0.29, 0.717) is 18.7 Å². The highest BCUT2D eigenvalue weighted by atomic mass is 35.5. The van der Waals surface area contributed by atoms with Crippen molar-refractivity contribution in [1.82, 2.24) is 20.5 Å². The molecule has 0 aliphatic carbocycles. The Bertz CT molecular complexity index is 460. The third-order valence-corrected chi connectivity index (χ3v) is 2.51. The molecule has 0 fully saturated rings. The number of carbonyl (C=O) groups excluding carboxylic acids is 2. The van der Waals surface area contributed by atoms with E-state index in [1.54, 1.807) is 14.1 Å². The van der Waals surface area contributed by atoms with E-state index in [2.05, 4.69) is 15.6 Å².